The van der Waals surface area contributed by atoms with Gasteiger partial charge in [-0.3, -0.25) is 9.36 Å². The smallest absolute Gasteiger partial charge is 0.391 e. The first kappa shape index (κ1) is 24.7. The molecule has 1 aliphatic rings. The second kappa shape index (κ2) is 9.82. The van der Waals surface area contributed by atoms with Crippen molar-refractivity contribution in [2.24, 2.45) is 5.92 Å². The Labute approximate surface area is 213 Å². The van der Waals surface area contributed by atoms with Crippen LogP contribution < -0.4 is 10.8 Å². The number of fused-ring (bicyclic) bond motifs is 1. The first-order valence-electron chi connectivity index (χ1n) is 11.8. The Bertz CT molecular complexity index is 1450. The minimum atomic E-state index is -4.44. The predicted octanol–water partition coefficient (Wildman–Crippen LogP) is 5.09. The molecule has 0 radical (unpaired) electrons. The van der Waals surface area contributed by atoms with Gasteiger partial charge in [0.1, 0.15) is 5.76 Å². The van der Waals surface area contributed by atoms with Gasteiger partial charge in [0.25, 0.3) is 0 Å². The summed E-state index contributed by atoms with van der Waals surface area (Å²) in [5.41, 5.74) is 3.29. The van der Waals surface area contributed by atoms with Crippen LogP contribution in [0.2, 0.25) is 0 Å². The quantitative estimate of drug-likeness (QED) is 0.301. The SMILES string of the molecule is CN(C)C(=O)C1CCC(Nc2nc3cccc(-c4cccc(-c5ccc(P(=O)(O)O)o5)c4)c3s2)CC1. The number of nitrogens with one attached hydrogen (secondary N) is 1. The maximum atomic E-state index is 12.3. The summed E-state index contributed by atoms with van der Waals surface area (Å²) >= 11 is 1.61. The van der Waals surface area contributed by atoms with Gasteiger partial charge in [-0.25, -0.2) is 4.98 Å². The highest BCUT2D eigenvalue weighted by Crippen LogP contribution is 2.39. The van der Waals surface area contributed by atoms with Gasteiger partial charge in [-0.15, -0.1) is 0 Å². The van der Waals surface area contributed by atoms with Gasteiger partial charge in [0.2, 0.25) is 11.4 Å². The second-order valence-electron chi connectivity index (χ2n) is 9.36. The van der Waals surface area contributed by atoms with Crippen molar-refractivity contribution in [1.29, 1.82) is 0 Å². The molecule has 2 aromatic carbocycles. The molecule has 188 valence electrons. The van der Waals surface area contributed by atoms with E-state index in [9.17, 15) is 19.1 Å². The van der Waals surface area contributed by atoms with Crippen molar-refractivity contribution in [3.05, 3.63) is 54.6 Å². The summed E-state index contributed by atoms with van der Waals surface area (Å²) in [5, 5.41) is 4.45. The molecular weight excluding hydrogens is 497 g/mol. The van der Waals surface area contributed by atoms with Crippen LogP contribution in [0.15, 0.2) is 59.0 Å². The van der Waals surface area contributed by atoms with Gasteiger partial charge in [0.05, 0.1) is 10.2 Å². The van der Waals surface area contributed by atoms with Crippen molar-refractivity contribution < 1.29 is 23.6 Å². The molecule has 0 saturated heterocycles. The first-order valence-corrected chi connectivity index (χ1v) is 14.3. The van der Waals surface area contributed by atoms with E-state index in [2.05, 4.69) is 5.32 Å². The number of nitrogens with zero attached hydrogens (tertiary/aromatic N) is 2. The van der Waals surface area contributed by atoms with E-state index in [0.29, 0.717) is 11.8 Å². The molecule has 0 atom stereocenters. The fourth-order valence-electron chi connectivity index (χ4n) is 4.74. The van der Waals surface area contributed by atoms with E-state index in [1.807, 2.05) is 56.6 Å². The lowest BCUT2D eigenvalue weighted by Crippen LogP contribution is -2.35. The lowest BCUT2D eigenvalue weighted by molar-refractivity contribution is -0.133. The molecule has 1 amide bonds. The molecule has 10 heteroatoms. The summed E-state index contributed by atoms with van der Waals surface area (Å²) in [6, 6.07) is 16.9. The summed E-state index contributed by atoms with van der Waals surface area (Å²) < 4.78 is 18.0. The maximum absolute atomic E-state index is 12.3. The van der Waals surface area contributed by atoms with Crippen LogP contribution in [0, 0.1) is 5.92 Å². The molecule has 0 aliphatic heterocycles. The van der Waals surface area contributed by atoms with E-state index in [1.165, 1.54) is 6.07 Å². The van der Waals surface area contributed by atoms with Crippen LogP contribution in [-0.4, -0.2) is 45.7 Å². The molecule has 1 fully saturated rings. The lowest BCUT2D eigenvalue weighted by atomic mass is 9.85. The van der Waals surface area contributed by atoms with Crippen LogP contribution in [-0.2, 0) is 9.36 Å². The Morgan fingerprint density at radius 1 is 1.06 bits per heavy atom. The number of carbonyl (C=O) groups excluding carboxylic acids is 1. The van der Waals surface area contributed by atoms with Crippen molar-refractivity contribution in [3.8, 4) is 22.5 Å². The van der Waals surface area contributed by atoms with Crippen molar-refractivity contribution >= 4 is 45.7 Å². The fourth-order valence-corrected chi connectivity index (χ4v) is 6.30. The molecule has 0 bridgehead atoms. The number of amides is 1. The van der Waals surface area contributed by atoms with Gasteiger partial charge < -0.3 is 24.4 Å². The van der Waals surface area contributed by atoms with Crippen molar-refractivity contribution in [2.45, 2.75) is 31.7 Å². The minimum absolute atomic E-state index is 0.110. The standard InChI is InChI=1S/C26H28N3O5PS/c1-29(2)25(30)16-9-11-19(12-10-16)27-26-28-21-8-4-7-20(24(21)36-26)17-5-3-6-18(15-17)22-13-14-23(34-22)35(31,32)33/h3-8,13-16,19H,9-12H2,1-2H3,(H,27,28)(H2,31,32,33). The van der Waals surface area contributed by atoms with Crippen LogP contribution in [0.4, 0.5) is 5.13 Å². The zero-order chi connectivity index (χ0) is 25.4. The van der Waals surface area contributed by atoms with Gasteiger partial charge in [0, 0.05) is 37.2 Å². The molecule has 2 aromatic heterocycles. The van der Waals surface area contributed by atoms with Crippen molar-refractivity contribution in [3.63, 3.8) is 0 Å². The Kier molecular flexibility index (Phi) is 6.74. The first-order chi connectivity index (χ1) is 17.2. The Morgan fingerprint density at radius 2 is 1.78 bits per heavy atom. The Morgan fingerprint density at radius 3 is 2.47 bits per heavy atom. The average molecular weight is 526 g/mol. The topological polar surface area (TPSA) is 116 Å². The third kappa shape index (κ3) is 5.11. The third-order valence-corrected chi connectivity index (χ3v) is 8.45. The summed E-state index contributed by atoms with van der Waals surface area (Å²) in [6.45, 7) is 0. The van der Waals surface area contributed by atoms with Crippen LogP contribution in [0.25, 0.3) is 32.7 Å². The number of furan rings is 1. The van der Waals surface area contributed by atoms with E-state index in [1.54, 1.807) is 22.3 Å². The third-order valence-electron chi connectivity index (χ3n) is 6.60. The highest BCUT2D eigenvalue weighted by atomic mass is 32.1. The molecule has 1 saturated carbocycles. The fraction of sp³-hybridized carbons (Fsp3) is 0.308. The highest BCUT2D eigenvalue weighted by molar-refractivity contribution is 7.59. The molecular formula is C26H28N3O5PS. The van der Waals surface area contributed by atoms with Crippen LogP contribution >= 0.6 is 18.9 Å². The molecule has 8 nitrogen and oxygen atoms in total. The largest absolute Gasteiger partial charge is 0.448 e. The second-order valence-corrected chi connectivity index (χ2v) is 11.9. The Hall–Kier alpha value is -2.97. The number of carbonyl (C=O) groups is 1. The monoisotopic (exact) mass is 525 g/mol. The lowest BCUT2D eigenvalue weighted by Gasteiger charge is -2.29. The highest BCUT2D eigenvalue weighted by Gasteiger charge is 2.28. The number of rotatable bonds is 6. The summed E-state index contributed by atoms with van der Waals surface area (Å²) in [7, 11) is -0.815. The summed E-state index contributed by atoms with van der Waals surface area (Å²) in [4.78, 5) is 37.5. The number of hydrogen-bond acceptors (Lipinski definition) is 6. The number of anilines is 1. The van der Waals surface area contributed by atoms with Crippen LogP contribution in [0.3, 0.4) is 0 Å². The molecule has 1 aliphatic carbocycles. The van der Waals surface area contributed by atoms with Gasteiger partial charge in [0.15, 0.2) is 5.13 Å². The van der Waals surface area contributed by atoms with E-state index in [0.717, 1.165) is 57.7 Å². The molecule has 0 unspecified atom stereocenters. The van der Waals surface area contributed by atoms with Gasteiger partial charge in [-0.2, -0.15) is 0 Å². The van der Waals surface area contributed by atoms with Gasteiger partial charge in [-0.05, 0) is 55.5 Å². The van der Waals surface area contributed by atoms with Crippen LogP contribution in [0.1, 0.15) is 25.7 Å². The van der Waals surface area contributed by atoms with Crippen molar-refractivity contribution in [2.75, 3.05) is 19.4 Å². The zero-order valence-corrected chi connectivity index (χ0v) is 21.8. The number of thiazole rings is 1. The van der Waals surface area contributed by atoms with Gasteiger partial charge in [-0.1, -0.05) is 41.7 Å². The normalized spacial score (nSPS) is 18.3. The molecule has 0 spiro atoms. The van der Waals surface area contributed by atoms with E-state index in [4.69, 9.17) is 9.40 Å². The molecule has 4 aromatic rings. The number of hydrogen-bond donors (Lipinski definition) is 3. The van der Waals surface area contributed by atoms with E-state index >= 15 is 0 Å². The molecule has 36 heavy (non-hydrogen) atoms. The van der Waals surface area contributed by atoms with E-state index in [-0.39, 0.29) is 17.3 Å². The molecule has 5 rings (SSSR count). The number of benzene rings is 2. The Balaban J connectivity index is 1.37. The predicted molar refractivity (Wildman–Crippen MR) is 142 cm³/mol. The summed E-state index contributed by atoms with van der Waals surface area (Å²) in [6.07, 6.45) is 3.64. The minimum Gasteiger partial charge on any atom is -0.448 e. The van der Waals surface area contributed by atoms with Crippen molar-refractivity contribution in [1.82, 2.24) is 9.88 Å². The average Bonchev–Trinajstić information content (AvgIpc) is 3.51. The van der Waals surface area contributed by atoms with E-state index < -0.39 is 7.60 Å². The number of aromatic nitrogens is 1. The molecule has 3 N–H and O–H groups in total. The van der Waals surface area contributed by atoms with Crippen LogP contribution in [0.5, 0.6) is 0 Å². The summed E-state index contributed by atoms with van der Waals surface area (Å²) in [5.74, 6) is 0.726. The van der Waals surface area contributed by atoms with Gasteiger partial charge >= 0.3 is 7.60 Å². The maximum Gasteiger partial charge on any atom is 0.391 e. The zero-order valence-electron chi connectivity index (χ0n) is 20.0. The molecule has 2 heterocycles.